The molecular weight excluding hydrogens is 319 g/mol. The van der Waals surface area contributed by atoms with Crippen molar-refractivity contribution in [3.05, 3.63) is 40.8 Å². The van der Waals surface area contributed by atoms with E-state index >= 15 is 0 Å². The third kappa shape index (κ3) is 2.18. The van der Waals surface area contributed by atoms with Crippen LogP contribution < -0.4 is 4.31 Å². The number of sulfonamides is 1. The van der Waals surface area contributed by atoms with E-state index in [2.05, 4.69) is 4.98 Å². The predicted octanol–water partition coefficient (Wildman–Crippen LogP) is 1.73. The molecule has 0 atom stereocenters. The summed E-state index contributed by atoms with van der Waals surface area (Å²) in [6.45, 7) is 0.151. The number of rotatable bonds is 3. The number of benzene rings is 1. The molecule has 1 aromatic heterocycles. The van der Waals surface area contributed by atoms with Crippen molar-refractivity contribution in [2.75, 3.05) is 10.8 Å². The summed E-state index contributed by atoms with van der Waals surface area (Å²) in [4.78, 5) is 14.6. The molecule has 2 heterocycles. The van der Waals surface area contributed by atoms with Crippen molar-refractivity contribution in [1.82, 2.24) is 4.98 Å². The van der Waals surface area contributed by atoms with Crippen LogP contribution in [0.5, 0.6) is 0 Å². The van der Waals surface area contributed by atoms with Crippen LogP contribution in [0.15, 0.2) is 27.9 Å². The lowest BCUT2D eigenvalue weighted by molar-refractivity contribution is 0.0687. The third-order valence-corrected chi connectivity index (χ3v) is 6.32. The van der Waals surface area contributed by atoms with Crippen LogP contribution in [0.1, 0.15) is 16.1 Å². The number of carboxylic acids is 1. The standard InChI is InChI=1S/C12H9FN2O4S2/c13-8-2-1-7-3-4-15(9(7)5-8)21(18,19)12-10(11(16)17)14-6-20-12/h1-2,5-6H,3-4H2,(H,16,17). The van der Waals surface area contributed by atoms with E-state index in [1.807, 2.05) is 0 Å². The summed E-state index contributed by atoms with van der Waals surface area (Å²) in [6.07, 6.45) is 0.454. The molecule has 0 unspecified atom stereocenters. The smallest absolute Gasteiger partial charge is 0.356 e. The molecule has 1 aromatic carbocycles. The Morgan fingerprint density at radius 2 is 2.19 bits per heavy atom. The maximum absolute atomic E-state index is 13.3. The molecule has 0 bridgehead atoms. The normalized spacial score (nSPS) is 14.2. The summed E-state index contributed by atoms with van der Waals surface area (Å²) in [5, 5.41) is 9.00. The van der Waals surface area contributed by atoms with E-state index in [1.165, 1.54) is 17.6 Å². The molecular formula is C12H9FN2O4S2. The Kier molecular flexibility index (Phi) is 3.18. The lowest BCUT2D eigenvalue weighted by Gasteiger charge is -2.18. The van der Waals surface area contributed by atoms with Gasteiger partial charge in [0.1, 0.15) is 5.82 Å². The molecule has 21 heavy (non-hydrogen) atoms. The highest BCUT2D eigenvalue weighted by Gasteiger charge is 2.35. The van der Waals surface area contributed by atoms with Crippen molar-refractivity contribution >= 4 is 33.0 Å². The van der Waals surface area contributed by atoms with Gasteiger partial charge in [-0.1, -0.05) is 6.07 Å². The maximum atomic E-state index is 13.3. The summed E-state index contributed by atoms with van der Waals surface area (Å²) >= 11 is 0.735. The Balaban J connectivity index is 2.11. The van der Waals surface area contributed by atoms with E-state index in [-0.39, 0.29) is 16.4 Å². The zero-order valence-corrected chi connectivity index (χ0v) is 12.1. The Hall–Kier alpha value is -2.00. The van der Waals surface area contributed by atoms with Gasteiger partial charge in [0.25, 0.3) is 10.0 Å². The summed E-state index contributed by atoms with van der Waals surface area (Å²) in [7, 11) is -4.06. The molecule has 9 heteroatoms. The summed E-state index contributed by atoms with van der Waals surface area (Å²) in [5.41, 5.74) is 1.62. The number of nitrogens with zero attached hydrogens (tertiary/aromatic N) is 2. The molecule has 6 nitrogen and oxygen atoms in total. The van der Waals surface area contributed by atoms with Crippen LogP contribution in [0.2, 0.25) is 0 Å². The molecule has 0 spiro atoms. The van der Waals surface area contributed by atoms with Crippen LogP contribution in [0.4, 0.5) is 10.1 Å². The van der Waals surface area contributed by atoms with E-state index in [0.29, 0.717) is 12.0 Å². The fraction of sp³-hybridized carbons (Fsp3) is 0.167. The van der Waals surface area contributed by atoms with Crippen molar-refractivity contribution in [3.63, 3.8) is 0 Å². The van der Waals surface area contributed by atoms with E-state index in [0.717, 1.165) is 21.7 Å². The van der Waals surface area contributed by atoms with E-state index in [4.69, 9.17) is 5.11 Å². The minimum absolute atomic E-state index is 0.151. The monoisotopic (exact) mass is 328 g/mol. The van der Waals surface area contributed by atoms with Crippen molar-refractivity contribution < 1.29 is 22.7 Å². The number of halogens is 1. The summed E-state index contributed by atoms with van der Waals surface area (Å²) < 4.78 is 39.3. The molecule has 0 fully saturated rings. The summed E-state index contributed by atoms with van der Waals surface area (Å²) in [5.74, 6) is -1.95. The molecule has 1 aliphatic rings. The largest absolute Gasteiger partial charge is 0.476 e. The second-order valence-corrected chi connectivity index (χ2v) is 7.31. The molecule has 0 saturated carbocycles. The highest BCUT2D eigenvalue weighted by Crippen LogP contribution is 2.35. The number of aromatic nitrogens is 1. The molecule has 2 aromatic rings. The van der Waals surface area contributed by atoms with Crippen LogP contribution >= 0.6 is 11.3 Å². The third-order valence-electron chi connectivity index (χ3n) is 3.16. The van der Waals surface area contributed by atoms with Gasteiger partial charge >= 0.3 is 5.97 Å². The highest BCUT2D eigenvalue weighted by atomic mass is 32.2. The zero-order valence-electron chi connectivity index (χ0n) is 10.5. The van der Waals surface area contributed by atoms with Crippen molar-refractivity contribution in [2.45, 2.75) is 10.6 Å². The number of carbonyl (C=O) groups is 1. The molecule has 0 radical (unpaired) electrons. The van der Waals surface area contributed by atoms with Gasteiger partial charge in [0.2, 0.25) is 0 Å². The van der Waals surface area contributed by atoms with Gasteiger partial charge in [-0.05, 0) is 24.1 Å². The minimum atomic E-state index is -4.06. The van der Waals surface area contributed by atoms with Crippen LogP contribution in [-0.2, 0) is 16.4 Å². The average Bonchev–Trinajstić information content (AvgIpc) is 3.05. The Bertz CT molecular complexity index is 832. The number of aromatic carboxylic acids is 1. The number of thiazole rings is 1. The number of carboxylic acid groups (broad SMARTS) is 1. The number of hydrogen-bond donors (Lipinski definition) is 1. The highest BCUT2D eigenvalue weighted by molar-refractivity contribution is 7.94. The van der Waals surface area contributed by atoms with Crippen molar-refractivity contribution in [3.8, 4) is 0 Å². The Labute approximate surface area is 123 Å². The second-order valence-electron chi connectivity index (χ2n) is 4.39. The topological polar surface area (TPSA) is 87.6 Å². The Morgan fingerprint density at radius 3 is 2.90 bits per heavy atom. The maximum Gasteiger partial charge on any atom is 0.356 e. The first kappa shape index (κ1) is 14.0. The second kappa shape index (κ2) is 4.78. The van der Waals surface area contributed by atoms with E-state index in [1.54, 1.807) is 0 Å². The molecule has 0 aliphatic carbocycles. The molecule has 0 amide bonds. The van der Waals surface area contributed by atoms with Crippen molar-refractivity contribution in [2.24, 2.45) is 0 Å². The number of hydrogen-bond acceptors (Lipinski definition) is 5. The van der Waals surface area contributed by atoms with Crippen LogP contribution in [0.25, 0.3) is 0 Å². The lowest BCUT2D eigenvalue weighted by atomic mass is 10.2. The first-order valence-corrected chi connectivity index (χ1v) is 8.21. The Morgan fingerprint density at radius 1 is 1.43 bits per heavy atom. The van der Waals surface area contributed by atoms with E-state index < -0.39 is 27.5 Å². The fourth-order valence-corrected chi connectivity index (χ4v) is 4.97. The molecule has 3 rings (SSSR count). The van der Waals surface area contributed by atoms with Crippen LogP contribution in [0, 0.1) is 5.82 Å². The lowest BCUT2D eigenvalue weighted by Crippen LogP contribution is -2.29. The quantitative estimate of drug-likeness (QED) is 0.927. The molecule has 1 aliphatic heterocycles. The predicted molar refractivity (Wildman–Crippen MR) is 73.7 cm³/mol. The van der Waals surface area contributed by atoms with Gasteiger partial charge in [-0.2, -0.15) is 0 Å². The first-order chi connectivity index (χ1) is 9.91. The van der Waals surface area contributed by atoms with Crippen LogP contribution in [0.3, 0.4) is 0 Å². The number of fused-ring (bicyclic) bond motifs is 1. The average molecular weight is 328 g/mol. The van der Waals surface area contributed by atoms with Gasteiger partial charge in [0.15, 0.2) is 9.90 Å². The fourth-order valence-electron chi connectivity index (χ4n) is 2.23. The van der Waals surface area contributed by atoms with Crippen LogP contribution in [-0.4, -0.2) is 31.0 Å². The molecule has 0 saturated heterocycles. The van der Waals surface area contributed by atoms with Gasteiger partial charge < -0.3 is 5.11 Å². The van der Waals surface area contributed by atoms with Gasteiger partial charge in [-0.15, -0.1) is 11.3 Å². The van der Waals surface area contributed by atoms with Gasteiger partial charge in [0, 0.05) is 6.54 Å². The van der Waals surface area contributed by atoms with Crippen molar-refractivity contribution in [1.29, 1.82) is 0 Å². The minimum Gasteiger partial charge on any atom is -0.476 e. The van der Waals surface area contributed by atoms with Gasteiger partial charge in [0.05, 0.1) is 11.2 Å². The summed E-state index contributed by atoms with van der Waals surface area (Å²) in [6, 6.07) is 3.94. The number of anilines is 1. The van der Waals surface area contributed by atoms with E-state index in [9.17, 15) is 17.6 Å². The van der Waals surface area contributed by atoms with Gasteiger partial charge in [-0.25, -0.2) is 22.6 Å². The molecule has 110 valence electrons. The van der Waals surface area contributed by atoms with Gasteiger partial charge in [-0.3, -0.25) is 4.31 Å². The first-order valence-electron chi connectivity index (χ1n) is 5.89. The zero-order chi connectivity index (χ0) is 15.2. The SMILES string of the molecule is O=C(O)c1ncsc1S(=O)(=O)N1CCc2ccc(F)cc21. The molecule has 1 N–H and O–H groups in total.